The Morgan fingerprint density at radius 2 is 2.16 bits per heavy atom. The van der Waals surface area contributed by atoms with E-state index in [0.717, 1.165) is 0 Å². The van der Waals surface area contributed by atoms with Crippen molar-refractivity contribution in [3.8, 4) is 0 Å². The van der Waals surface area contributed by atoms with Gasteiger partial charge in [-0.3, -0.25) is 4.79 Å². The molecule has 0 aliphatic heterocycles. The average molecular weight is 360 g/mol. The van der Waals surface area contributed by atoms with Crippen LogP contribution in [0.5, 0.6) is 0 Å². The van der Waals surface area contributed by atoms with Gasteiger partial charge >= 0.3 is 5.97 Å². The number of rotatable bonds is 5. The maximum atomic E-state index is 12.3. The highest BCUT2D eigenvalue weighted by molar-refractivity contribution is 6.30. The zero-order chi connectivity index (χ0) is 17.8. The van der Waals surface area contributed by atoms with Crippen molar-refractivity contribution in [2.24, 2.45) is 0 Å². The predicted octanol–water partition coefficient (Wildman–Crippen LogP) is 2.14. The first-order valence-electron chi connectivity index (χ1n) is 7.48. The van der Waals surface area contributed by atoms with Crippen molar-refractivity contribution in [1.29, 1.82) is 0 Å². The van der Waals surface area contributed by atoms with Crippen LogP contribution in [0.4, 0.5) is 5.69 Å². The van der Waals surface area contributed by atoms with E-state index in [2.05, 4.69) is 20.4 Å². The molecule has 0 spiro atoms. The number of anilines is 1. The van der Waals surface area contributed by atoms with Crippen molar-refractivity contribution in [3.63, 3.8) is 0 Å². The first kappa shape index (κ1) is 16.8. The molecule has 3 aromatic rings. The van der Waals surface area contributed by atoms with E-state index >= 15 is 0 Å². The SMILES string of the molecule is CCc1c(C(=O)OCC(=O)Nc2cccc(Cl)c2)cnc2ncnn12. The Bertz CT molecular complexity index is 940. The van der Waals surface area contributed by atoms with Gasteiger partial charge in [0.15, 0.2) is 6.61 Å². The summed E-state index contributed by atoms with van der Waals surface area (Å²) in [6.07, 6.45) is 3.26. The number of ether oxygens (including phenoxy) is 1. The zero-order valence-corrected chi connectivity index (χ0v) is 14.0. The van der Waals surface area contributed by atoms with Crippen LogP contribution in [0.2, 0.25) is 5.02 Å². The maximum Gasteiger partial charge on any atom is 0.342 e. The number of hydrogen-bond acceptors (Lipinski definition) is 6. The fraction of sp³-hybridized carbons (Fsp3) is 0.188. The Labute approximate surface area is 147 Å². The molecule has 0 atom stereocenters. The minimum absolute atomic E-state index is 0.246. The number of benzene rings is 1. The lowest BCUT2D eigenvalue weighted by Crippen LogP contribution is -2.22. The van der Waals surface area contributed by atoms with Crippen molar-refractivity contribution >= 4 is 34.9 Å². The first-order valence-corrected chi connectivity index (χ1v) is 7.86. The van der Waals surface area contributed by atoms with Gasteiger partial charge in [0.25, 0.3) is 11.7 Å². The van der Waals surface area contributed by atoms with Crippen molar-refractivity contribution in [1.82, 2.24) is 19.6 Å². The molecule has 0 saturated carbocycles. The number of fused-ring (bicyclic) bond motifs is 1. The summed E-state index contributed by atoms with van der Waals surface area (Å²) in [6, 6.07) is 6.68. The lowest BCUT2D eigenvalue weighted by Gasteiger charge is -2.09. The largest absolute Gasteiger partial charge is 0.452 e. The van der Waals surface area contributed by atoms with E-state index in [4.69, 9.17) is 16.3 Å². The molecular formula is C16H14ClN5O3. The van der Waals surface area contributed by atoms with Crippen LogP contribution in [0.1, 0.15) is 23.0 Å². The van der Waals surface area contributed by atoms with Crippen LogP contribution in [-0.2, 0) is 16.0 Å². The number of amides is 1. The van der Waals surface area contributed by atoms with Crippen molar-refractivity contribution in [3.05, 3.63) is 53.1 Å². The highest BCUT2D eigenvalue weighted by Gasteiger charge is 2.18. The monoisotopic (exact) mass is 359 g/mol. The molecule has 0 saturated heterocycles. The molecule has 2 aromatic heterocycles. The van der Waals surface area contributed by atoms with E-state index in [1.54, 1.807) is 24.3 Å². The Balaban J connectivity index is 1.67. The Morgan fingerprint density at radius 3 is 2.92 bits per heavy atom. The van der Waals surface area contributed by atoms with Crippen molar-refractivity contribution < 1.29 is 14.3 Å². The van der Waals surface area contributed by atoms with Crippen molar-refractivity contribution in [2.75, 3.05) is 11.9 Å². The number of carbonyl (C=O) groups is 2. The van der Waals surface area contributed by atoms with Crippen LogP contribution in [0.25, 0.3) is 5.78 Å². The summed E-state index contributed by atoms with van der Waals surface area (Å²) in [4.78, 5) is 32.2. The molecule has 0 aliphatic carbocycles. The minimum Gasteiger partial charge on any atom is -0.452 e. The second kappa shape index (κ2) is 7.27. The van der Waals surface area contributed by atoms with E-state index in [-0.39, 0.29) is 5.56 Å². The summed E-state index contributed by atoms with van der Waals surface area (Å²) in [5.74, 6) is -0.724. The van der Waals surface area contributed by atoms with Gasteiger partial charge in [0, 0.05) is 16.9 Å². The number of nitrogens with one attached hydrogen (secondary N) is 1. The fourth-order valence-corrected chi connectivity index (χ4v) is 2.50. The Morgan fingerprint density at radius 1 is 1.32 bits per heavy atom. The standard InChI is InChI=1S/C16H14ClN5O3/c1-2-13-12(7-18-16-19-9-20-22(13)16)15(24)25-8-14(23)21-11-5-3-4-10(17)6-11/h3-7,9H,2,8H2,1H3,(H,21,23). The molecule has 0 unspecified atom stereocenters. The van der Waals surface area contributed by atoms with Gasteiger partial charge in [-0.1, -0.05) is 24.6 Å². The van der Waals surface area contributed by atoms with E-state index in [1.165, 1.54) is 17.0 Å². The molecule has 2 heterocycles. The number of aryl methyl sites for hydroxylation is 1. The van der Waals surface area contributed by atoms with E-state index in [0.29, 0.717) is 28.6 Å². The summed E-state index contributed by atoms with van der Waals surface area (Å²) < 4.78 is 6.55. The van der Waals surface area contributed by atoms with E-state index in [9.17, 15) is 9.59 Å². The summed E-state index contributed by atoms with van der Waals surface area (Å²) in [6.45, 7) is 1.45. The zero-order valence-electron chi connectivity index (χ0n) is 13.3. The summed E-state index contributed by atoms with van der Waals surface area (Å²) >= 11 is 5.85. The van der Waals surface area contributed by atoms with Gasteiger partial charge in [-0.2, -0.15) is 10.1 Å². The number of carbonyl (C=O) groups excluding carboxylic acids is 2. The number of halogens is 1. The molecule has 0 radical (unpaired) electrons. The lowest BCUT2D eigenvalue weighted by atomic mass is 10.2. The van der Waals surface area contributed by atoms with Gasteiger partial charge in [-0.15, -0.1) is 0 Å². The molecule has 3 rings (SSSR count). The number of hydrogen-bond donors (Lipinski definition) is 1. The lowest BCUT2D eigenvalue weighted by molar-refractivity contribution is -0.119. The molecule has 25 heavy (non-hydrogen) atoms. The van der Waals surface area contributed by atoms with E-state index < -0.39 is 18.5 Å². The summed E-state index contributed by atoms with van der Waals surface area (Å²) in [5, 5.41) is 7.13. The Kier molecular flexibility index (Phi) is 4.90. The van der Waals surface area contributed by atoms with Gasteiger partial charge in [-0.05, 0) is 24.6 Å². The van der Waals surface area contributed by atoms with Gasteiger partial charge in [0.1, 0.15) is 6.33 Å². The second-order valence-corrected chi connectivity index (χ2v) is 5.52. The highest BCUT2D eigenvalue weighted by atomic mass is 35.5. The molecule has 8 nitrogen and oxygen atoms in total. The van der Waals surface area contributed by atoms with Crippen LogP contribution in [-0.4, -0.2) is 38.1 Å². The number of aromatic nitrogens is 4. The number of nitrogens with zero attached hydrogens (tertiary/aromatic N) is 4. The van der Waals surface area contributed by atoms with Crippen LogP contribution >= 0.6 is 11.6 Å². The maximum absolute atomic E-state index is 12.3. The molecule has 1 aromatic carbocycles. The third-order valence-corrected chi connectivity index (χ3v) is 3.64. The summed E-state index contributed by atoms with van der Waals surface area (Å²) in [5.41, 5.74) is 1.38. The van der Waals surface area contributed by atoms with Gasteiger partial charge in [0.05, 0.1) is 11.3 Å². The molecule has 128 valence electrons. The Hall–Kier alpha value is -3.00. The molecule has 1 amide bonds. The fourth-order valence-electron chi connectivity index (χ4n) is 2.31. The summed E-state index contributed by atoms with van der Waals surface area (Å²) in [7, 11) is 0. The average Bonchev–Trinajstić information content (AvgIpc) is 3.07. The van der Waals surface area contributed by atoms with Crippen LogP contribution in [0.3, 0.4) is 0 Å². The van der Waals surface area contributed by atoms with Gasteiger partial charge < -0.3 is 10.1 Å². The smallest absolute Gasteiger partial charge is 0.342 e. The predicted molar refractivity (Wildman–Crippen MR) is 90.5 cm³/mol. The molecule has 0 aliphatic rings. The molecule has 9 heteroatoms. The van der Waals surface area contributed by atoms with E-state index in [1.807, 2.05) is 6.92 Å². The van der Waals surface area contributed by atoms with Gasteiger partial charge in [0.2, 0.25) is 0 Å². The highest BCUT2D eigenvalue weighted by Crippen LogP contribution is 2.15. The number of esters is 1. The molecular weight excluding hydrogens is 346 g/mol. The minimum atomic E-state index is -0.650. The third-order valence-electron chi connectivity index (χ3n) is 3.40. The second-order valence-electron chi connectivity index (χ2n) is 5.08. The van der Waals surface area contributed by atoms with Crippen LogP contribution in [0, 0.1) is 0 Å². The van der Waals surface area contributed by atoms with Crippen LogP contribution in [0.15, 0.2) is 36.8 Å². The topological polar surface area (TPSA) is 98.5 Å². The first-order chi connectivity index (χ1) is 12.1. The molecule has 0 fully saturated rings. The third kappa shape index (κ3) is 3.74. The normalized spacial score (nSPS) is 10.6. The quantitative estimate of drug-likeness (QED) is 0.701. The molecule has 0 bridgehead atoms. The van der Waals surface area contributed by atoms with Crippen molar-refractivity contribution in [2.45, 2.75) is 13.3 Å². The van der Waals surface area contributed by atoms with Gasteiger partial charge in [-0.25, -0.2) is 14.3 Å². The molecule has 1 N–H and O–H groups in total. The van der Waals surface area contributed by atoms with Crippen LogP contribution < -0.4 is 5.32 Å².